The van der Waals surface area contributed by atoms with Gasteiger partial charge in [-0.25, -0.2) is 14.9 Å². The Morgan fingerprint density at radius 3 is 2.54 bits per heavy atom. The number of aliphatic hydroxyl groups is 1. The number of nitrogens with one attached hydrogen (secondary N) is 4. The normalized spacial score (nSPS) is 17.2. The number of fused-ring (bicyclic) bond motifs is 1. The zero-order valence-corrected chi connectivity index (χ0v) is 39.5. The smallest absolute Gasteiger partial charge is 0.267 e. The summed E-state index contributed by atoms with van der Waals surface area (Å²) >= 11 is 1.54. The molecule has 1 aliphatic heterocycles. The number of hydrogen-bond acceptors (Lipinski definition) is 10. The number of aromatic nitrogens is 2. The molecule has 3 aromatic carbocycles. The number of β-amino-alcohol motifs (C(OH)–C–C–N with tert-alkyl or cyclic N) is 1. The lowest BCUT2D eigenvalue weighted by molar-refractivity contribution is -0.145. The summed E-state index contributed by atoms with van der Waals surface area (Å²) < 4.78 is 21.2. The Morgan fingerprint density at radius 1 is 1.04 bits per heavy atom. The second-order valence-corrected chi connectivity index (χ2v) is 19.6. The molecule has 1 saturated carbocycles. The van der Waals surface area contributed by atoms with E-state index in [0.717, 1.165) is 83.7 Å². The minimum Gasteiger partial charge on any atom is -0.493 e. The van der Waals surface area contributed by atoms with Gasteiger partial charge in [-0.05, 0) is 97.9 Å². The van der Waals surface area contributed by atoms with Gasteiger partial charge in [-0.15, -0.1) is 11.3 Å². The Labute approximate surface area is 395 Å². The molecule has 67 heavy (non-hydrogen) atoms. The number of para-hydroxylation sites is 1. The number of amides is 4. The molecule has 14 nitrogen and oxygen atoms in total. The molecular formula is C51H62FN7O7S. The third kappa shape index (κ3) is 12.7. The average molecular weight is 936 g/mol. The molecule has 2 aromatic heterocycles. The van der Waals surface area contributed by atoms with Crippen molar-refractivity contribution in [1.82, 2.24) is 35.9 Å². The number of nitrogens with zero attached hydrogens (tertiary/aromatic N) is 3. The molecule has 1 unspecified atom stereocenters. The molecule has 3 heterocycles. The highest BCUT2D eigenvalue weighted by Crippen LogP contribution is 2.40. The molecule has 16 heteroatoms. The topological polar surface area (TPSA) is 189 Å². The van der Waals surface area contributed by atoms with Crippen molar-refractivity contribution in [1.29, 1.82) is 0 Å². The first-order valence-corrected chi connectivity index (χ1v) is 23.9. The highest BCUT2D eigenvalue weighted by molar-refractivity contribution is 7.13. The molecule has 4 amide bonds. The van der Waals surface area contributed by atoms with Gasteiger partial charge in [0, 0.05) is 61.3 Å². The fourth-order valence-electron chi connectivity index (χ4n) is 8.46. The molecule has 5 aromatic rings. The third-order valence-electron chi connectivity index (χ3n) is 12.5. The van der Waals surface area contributed by atoms with Gasteiger partial charge in [0.1, 0.15) is 17.8 Å². The lowest BCUT2D eigenvalue weighted by Gasteiger charge is -2.35. The molecule has 6 N–H and O–H groups in total. The van der Waals surface area contributed by atoms with E-state index in [-0.39, 0.29) is 32.4 Å². The van der Waals surface area contributed by atoms with Crippen molar-refractivity contribution in [2.24, 2.45) is 5.41 Å². The maximum Gasteiger partial charge on any atom is 0.267 e. The molecular weight excluding hydrogens is 874 g/mol. The van der Waals surface area contributed by atoms with E-state index in [1.807, 2.05) is 43.3 Å². The van der Waals surface area contributed by atoms with Crippen molar-refractivity contribution in [2.75, 3.05) is 26.2 Å². The Hall–Kier alpha value is -5.94. The van der Waals surface area contributed by atoms with Gasteiger partial charge in [-0.3, -0.25) is 29.3 Å². The summed E-state index contributed by atoms with van der Waals surface area (Å²) in [7, 11) is 0. The summed E-state index contributed by atoms with van der Waals surface area (Å²) in [6.07, 6.45) is 7.84. The van der Waals surface area contributed by atoms with Crippen LogP contribution in [0, 0.1) is 12.3 Å². The van der Waals surface area contributed by atoms with Crippen molar-refractivity contribution >= 4 is 51.9 Å². The molecule has 0 spiro atoms. The number of unbranched alkanes of at least 4 members (excludes halogenated alkanes) is 2. The van der Waals surface area contributed by atoms with Crippen molar-refractivity contribution in [2.45, 2.75) is 110 Å². The molecule has 3 atom stereocenters. The number of thiazole rings is 1. The van der Waals surface area contributed by atoms with Crippen LogP contribution in [-0.2, 0) is 38.7 Å². The largest absolute Gasteiger partial charge is 0.493 e. The number of alkyl halides is 1. The predicted molar refractivity (Wildman–Crippen MR) is 257 cm³/mol. The number of halogens is 1. The number of aliphatic hydroxyl groups excluding tert-OH is 1. The van der Waals surface area contributed by atoms with E-state index in [4.69, 9.17) is 9.94 Å². The lowest BCUT2D eigenvalue weighted by Crippen LogP contribution is -2.59. The van der Waals surface area contributed by atoms with Crippen molar-refractivity contribution in [3.05, 3.63) is 112 Å². The predicted octanol–water partition coefficient (Wildman–Crippen LogP) is 7.02. The van der Waals surface area contributed by atoms with Gasteiger partial charge in [0.15, 0.2) is 5.67 Å². The Kier molecular flexibility index (Phi) is 15.9. The van der Waals surface area contributed by atoms with Gasteiger partial charge in [-0.2, -0.15) is 0 Å². The number of hydrogen-bond donors (Lipinski definition) is 6. The van der Waals surface area contributed by atoms with Crippen LogP contribution in [0.4, 0.5) is 4.39 Å². The molecule has 0 radical (unpaired) electrons. The molecule has 2 fully saturated rings. The minimum absolute atomic E-state index is 0.0279. The van der Waals surface area contributed by atoms with Gasteiger partial charge in [0.05, 0.1) is 28.8 Å². The third-order valence-corrected chi connectivity index (χ3v) is 13.5. The van der Waals surface area contributed by atoms with E-state index in [0.29, 0.717) is 12.4 Å². The van der Waals surface area contributed by atoms with Crippen molar-refractivity contribution in [3.8, 4) is 16.2 Å². The number of aromatic amines is 1. The maximum absolute atomic E-state index is 14.7. The molecule has 356 valence electrons. The van der Waals surface area contributed by atoms with Crippen LogP contribution in [-0.4, -0.2) is 104 Å². The Balaban J connectivity index is 0.975. The quantitative estimate of drug-likeness (QED) is 0.0194. The molecule has 7 rings (SSSR count). The summed E-state index contributed by atoms with van der Waals surface area (Å²) in [5, 5.41) is 26.3. The first-order chi connectivity index (χ1) is 32.1. The van der Waals surface area contributed by atoms with Crippen LogP contribution < -0.4 is 20.9 Å². The zero-order valence-electron chi connectivity index (χ0n) is 38.6. The Bertz CT molecular complexity index is 2550. The number of hydroxylamine groups is 1. The minimum atomic E-state index is -1.97. The van der Waals surface area contributed by atoms with Gasteiger partial charge in [-0.1, -0.05) is 75.4 Å². The lowest BCUT2D eigenvalue weighted by atomic mass is 9.85. The monoisotopic (exact) mass is 935 g/mol. The second kappa shape index (κ2) is 21.8. The van der Waals surface area contributed by atoms with Crippen LogP contribution >= 0.6 is 11.3 Å². The number of carbonyl (C=O) groups is 4. The zero-order chi connectivity index (χ0) is 47.7. The standard InChI is InChI=1S/C51H62FN7O7S/c1-33-45(67-32-55-33)36-17-18-38(29-54-47(62)42-27-39(60)31-59(42)48(63)46(50(2,3)4)56-49(64)51(52)21-22-51)43(26-36)66-25-9-5-8-23-58(24-20-37-28-53-41-11-7-6-10-40(37)41)30-35-14-12-34(13-15-35)16-19-44(61)57-65/h6-7,10-19,26,28,32,39,42,46,53,60,65H,5,8-9,20-25,27,29-31H2,1-4H3,(H,54,62)(H,56,64)(H,57,61)/b19-16+/t39-,42+,46?/m1/s1. The van der Waals surface area contributed by atoms with Gasteiger partial charge in [0.2, 0.25) is 11.8 Å². The average Bonchev–Trinajstić information content (AvgIpc) is 3.57. The SMILES string of the molecule is Cc1ncsc1-c1ccc(CNC(=O)[C@@H]2C[C@@H](O)CN2C(=O)C(NC(=O)C2(F)CC2)C(C)(C)C)c(OCCCCCN(CCc2c[nH]c3ccccc23)Cc2ccc(/C=C/C(=O)NO)cc2)c1. The second-order valence-electron chi connectivity index (χ2n) is 18.8. The van der Waals surface area contributed by atoms with E-state index in [9.17, 15) is 28.7 Å². The highest BCUT2D eigenvalue weighted by Gasteiger charge is 2.53. The molecule has 1 saturated heterocycles. The van der Waals surface area contributed by atoms with Gasteiger partial charge >= 0.3 is 0 Å². The first kappa shape index (κ1) is 49.0. The summed E-state index contributed by atoms with van der Waals surface area (Å²) in [4.78, 5) is 64.6. The molecule has 2 aliphatic rings. The fourth-order valence-corrected chi connectivity index (χ4v) is 9.26. The van der Waals surface area contributed by atoms with Crippen molar-refractivity contribution in [3.63, 3.8) is 0 Å². The highest BCUT2D eigenvalue weighted by atomic mass is 32.1. The van der Waals surface area contributed by atoms with E-state index in [2.05, 4.69) is 62.0 Å². The van der Waals surface area contributed by atoms with Crippen LogP contribution in [0.5, 0.6) is 5.75 Å². The summed E-state index contributed by atoms with van der Waals surface area (Å²) in [6, 6.07) is 20.1. The van der Waals surface area contributed by atoms with Crippen LogP contribution in [0.2, 0.25) is 0 Å². The van der Waals surface area contributed by atoms with E-state index in [1.165, 1.54) is 33.3 Å². The van der Waals surface area contributed by atoms with Crippen LogP contribution in [0.25, 0.3) is 27.4 Å². The number of carbonyl (C=O) groups excluding carboxylic acids is 4. The summed E-state index contributed by atoms with van der Waals surface area (Å²) in [5.41, 5.74) is 7.63. The number of rotatable bonds is 21. The molecule has 1 aliphatic carbocycles. The fraction of sp³-hybridized carbons (Fsp3) is 0.431. The number of likely N-dealkylation sites (tertiary alicyclic amines) is 1. The van der Waals surface area contributed by atoms with Crippen LogP contribution in [0.1, 0.15) is 87.2 Å². The number of ether oxygens (including phenoxy) is 1. The van der Waals surface area contributed by atoms with E-state index in [1.54, 1.807) is 37.8 Å². The van der Waals surface area contributed by atoms with Crippen LogP contribution in [0.15, 0.2) is 84.5 Å². The molecule has 0 bridgehead atoms. The summed E-state index contributed by atoms with van der Waals surface area (Å²) in [6.45, 7) is 10.2. The van der Waals surface area contributed by atoms with Gasteiger partial charge in [0.25, 0.3) is 11.8 Å². The van der Waals surface area contributed by atoms with Crippen LogP contribution in [0.3, 0.4) is 0 Å². The number of H-pyrrole nitrogens is 1. The summed E-state index contributed by atoms with van der Waals surface area (Å²) in [5.74, 6) is -1.78. The number of aryl methyl sites for hydroxylation is 1. The number of benzene rings is 3. The van der Waals surface area contributed by atoms with E-state index < -0.39 is 52.9 Å². The Morgan fingerprint density at radius 2 is 1.82 bits per heavy atom. The van der Waals surface area contributed by atoms with Crippen molar-refractivity contribution < 1.29 is 38.6 Å². The van der Waals surface area contributed by atoms with E-state index >= 15 is 0 Å². The maximum atomic E-state index is 14.7. The van der Waals surface area contributed by atoms with Gasteiger partial charge < -0.3 is 30.4 Å². The first-order valence-electron chi connectivity index (χ1n) is 23.0.